The van der Waals surface area contributed by atoms with Crippen molar-refractivity contribution < 1.29 is 41.9 Å². The number of carbonyl (C=O) groups excluding carboxylic acids is 5. The lowest BCUT2D eigenvalue weighted by molar-refractivity contribution is -0.143. The van der Waals surface area contributed by atoms with Gasteiger partial charge in [-0.3, -0.25) is 19.1 Å². The molecule has 4 amide bonds. The van der Waals surface area contributed by atoms with Crippen molar-refractivity contribution in [2.24, 2.45) is 16.7 Å². The average molecular weight is 756 g/mol. The van der Waals surface area contributed by atoms with Crippen molar-refractivity contribution in [3.05, 3.63) is 35.5 Å². The standard InChI is InChI=1S/C38H53N5O9S/c1-7-23-19-38(23,34(47)42-53(49,50)25-14-15-25)41-31(44)29-17-24-20-43(29)32(45)30(36(2,3)4)40-35(48)51-21-37(5,6)16-9-8-11-22-12-10-13-27-26(22)18-28(39-27)33(46)52-24/h10,12-13,18,23-25,29-30,39H,7-9,11,14-17,19-21H2,1-6H3,(H,40,48)(H,41,44)(H,42,47)/t23-,24-,29+,30-,38-/m1/s1. The molecular weight excluding hydrogens is 703 g/mol. The number of rotatable bonds is 6. The van der Waals surface area contributed by atoms with E-state index in [1.165, 1.54) is 4.90 Å². The summed E-state index contributed by atoms with van der Waals surface area (Å²) in [6.45, 7) is 11.2. The lowest BCUT2D eigenvalue weighted by Gasteiger charge is -2.35. The summed E-state index contributed by atoms with van der Waals surface area (Å²) < 4.78 is 39.2. The SMILES string of the molecule is CC[C@@H]1C[C@]1(NC(=O)[C@@H]1C[C@@H]2CN1C(=O)[C@H](C(C)(C)C)NC(=O)OCC(C)(C)CCCCc1cccc3[nH]c(cc13)C(=O)O2)C(=O)NS(=O)(=O)C1CC1. The van der Waals surface area contributed by atoms with Crippen molar-refractivity contribution in [1.82, 2.24) is 25.2 Å². The Balaban J connectivity index is 1.31. The lowest BCUT2D eigenvalue weighted by Crippen LogP contribution is -2.60. The quantitative estimate of drug-likeness (QED) is 0.315. The summed E-state index contributed by atoms with van der Waals surface area (Å²) in [6.07, 6.45) is 3.26. The number of aromatic nitrogens is 1. The first-order valence-corrected chi connectivity index (χ1v) is 20.3. The van der Waals surface area contributed by atoms with Gasteiger partial charge in [0.2, 0.25) is 21.8 Å². The van der Waals surface area contributed by atoms with Gasteiger partial charge in [-0.2, -0.15) is 0 Å². The summed E-state index contributed by atoms with van der Waals surface area (Å²) in [7, 11) is -3.88. The normalized spacial score (nSPS) is 28.5. The number of cyclic esters (lactones) is 1. The van der Waals surface area contributed by atoms with Crippen molar-refractivity contribution in [1.29, 1.82) is 0 Å². The predicted octanol–water partition coefficient (Wildman–Crippen LogP) is 4.08. The Hall–Kier alpha value is -4.14. The molecule has 2 aromatic rings. The van der Waals surface area contributed by atoms with Crippen LogP contribution in [0.15, 0.2) is 24.3 Å². The van der Waals surface area contributed by atoms with E-state index >= 15 is 0 Å². The maximum atomic E-state index is 14.5. The first-order chi connectivity index (χ1) is 24.8. The van der Waals surface area contributed by atoms with Crippen LogP contribution in [0.1, 0.15) is 109 Å². The largest absolute Gasteiger partial charge is 0.456 e. The number of ether oxygens (including phenoxy) is 2. The van der Waals surface area contributed by atoms with Crippen LogP contribution in [0, 0.1) is 16.7 Å². The Morgan fingerprint density at radius 2 is 1.83 bits per heavy atom. The van der Waals surface area contributed by atoms with E-state index in [0.29, 0.717) is 19.3 Å². The first-order valence-electron chi connectivity index (χ1n) is 18.8. The van der Waals surface area contributed by atoms with E-state index in [0.717, 1.165) is 42.1 Å². The number of nitrogens with zero attached hydrogens (tertiary/aromatic N) is 1. The maximum Gasteiger partial charge on any atom is 0.407 e. The summed E-state index contributed by atoms with van der Waals surface area (Å²) in [6, 6.07) is 5.29. The molecule has 1 saturated heterocycles. The minimum absolute atomic E-state index is 0.0842. The number of alkyl carbamates (subject to hydrolysis) is 1. The van der Waals surface area contributed by atoms with Gasteiger partial charge in [0.25, 0.3) is 5.91 Å². The summed E-state index contributed by atoms with van der Waals surface area (Å²) in [5.41, 5.74) is -0.529. The van der Waals surface area contributed by atoms with Crippen molar-refractivity contribution in [3.8, 4) is 0 Å². The Kier molecular flexibility index (Phi) is 10.4. The van der Waals surface area contributed by atoms with E-state index in [9.17, 15) is 32.4 Å². The van der Waals surface area contributed by atoms with Crippen molar-refractivity contribution in [2.75, 3.05) is 13.2 Å². The minimum Gasteiger partial charge on any atom is -0.456 e. The molecule has 4 N–H and O–H groups in total. The topological polar surface area (TPSA) is 193 Å². The fourth-order valence-corrected chi connectivity index (χ4v) is 9.02. The van der Waals surface area contributed by atoms with Crippen LogP contribution < -0.4 is 15.4 Å². The average Bonchev–Trinajstić information content (AvgIpc) is 3.97. The van der Waals surface area contributed by atoms with E-state index in [-0.39, 0.29) is 43.0 Å². The highest BCUT2D eigenvalue weighted by Gasteiger charge is 2.62. The second-order valence-electron chi connectivity index (χ2n) is 17.2. The molecule has 0 unspecified atom stereocenters. The summed E-state index contributed by atoms with van der Waals surface area (Å²) >= 11 is 0. The molecule has 15 heteroatoms. The zero-order valence-corrected chi connectivity index (χ0v) is 32.3. The molecule has 5 atom stereocenters. The fraction of sp³-hybridized carbons (Fsp3) is 0.658. The number of H-pyrrole nitrogens is 1. The molecule has 4 aliphatic rings. The number of sulfonamides is 1. The second-order valence-corrected chi connectivity index (χ2v) is 19.1. The third-order valence-corrected chi connectivity index (χ3v) is 13.0. The van der Waals surface area contributed by atoms with Crippen LogP contribution in [0.3, 0.4) is 0 Å². The smallest absolute Gasteiger partial charge is 0.407 e. The maximum absolute atomic E-state index is 14.5. The second kappa shape index (κ2) is 14.3. The molecule has 1 aromatic heterocycles. The lowest BCUT2D eigenvalue weighted by atomic mass is 9.85. The molecule has 2 aliphatic carbocycles. The number of esters is 1. The third kappa shape index (κ3) is 8.34. The van der Waals surface area contributed by atoms with Gasteiger partial charge in [0.1, 0.15) is 29.4 Å². The highest BCUT2D eigenvalue weighted by atomic mass is 32.2. The molecule has 53 heavy (non-hydrogen) atoms. The Morgan fingerprint density at radius 3 is 2.49 bits per heavy atom. The Morgan fingerprint density at radius 1 is 1.09 bits per heavy atom. The molecule has 290 valence electrons. The van der Waals surface area contributed by atoms with Gasteiger partial charge in [-0.15, -0.1) is 0 Å². The van der Waals surface area contributed by atoms with Crippen LogP contribution in [0.5, 0.6) is 0 Å². The number of hydrogen-bond acceptors (Lipinski definition) is 9. The van der Waals surface area contributed by atoms with Gasteiger partial charge in [-0.25, -0.2) is 18.0 Å². The van der Waals surface area contributed by atoms with Crippen molar-refractivity contribution in [2.45, 2.75) is 128 Å². The summed E-state index contributed by atoms with van der Waals surface area (Å²) in [4.78, 5) is 73.5. The van der Waals surface area contributed by atoms with Crippen LogP contribution >= 0.6 is 0 Å². The number of benzene rings is 1. The zero-order chi connectivity index (χ0) is 38.5. The first kappa shape index (κ1) is 38.6. The molecule has 6 rings (SSSR count). The Labute approximate surface area is 310 Å². The van der Waals surface area contributed by atoms with Gasteiger partial charge in [0.15, 0.2) is 0 Å². The molecule has 0 spiro atoms. The summed E-state index contributed by atoms with van der Waals surface area (Å²) in [5, 5.41) is 5.83. The van der Waals surface area contributed by atoms with E-state index in [1.54, 1.807) is 26.8 Å². The number of carbonyl (C=O) groups is 5. The zero-order valence-electron chi connectivity index (χ0n) is 31.5. The number of hydrogen-bond donors (Lipinski definition) is 4. The monoisotopic (exact) mass is 755 g/mol. The number of aryl methyl sites for hydroxylation is 1. The van der Waals surface area contributed by atoms with Crippen LogP contribution in [0.25, 0.3) is 10.9 Å². The summed E-state index contributed by atoms with van der Waals surface area (Å²) in [5.74, 6) is -3.03. The minimum atomic E-state index is -3.88. The molecule has 4 bridgehead atoms. The van der Waals surface area contributed by atoms with Crippen LogP contribution in [0.2, 0.25) is 0 Å². The number of fused-ring (bicyclic) bond motifs is 3. The molecule has 3 fully saturated rings. The molecule has 1 aromatic carbocycles. The van der Waals surface area contributed by atoms with Crippen molar-refractivity contribution in [3.63, 3.8) is 0 Å². The van der Waals surface area contributed by atoms with Gasteiger partial charge >= 0.3 is 12.1 Å². The van der Waals surface area contributed by atoms with Crippen LogP contribution in [-0.4, -0.2) is 90.2 Å². The van der Waals surface area contributed by atoms with E-state index < -0.39 is 74.2 Å². The van der Waals surface area contributed by atoms with Gasteiger partial charge in [0.05, 0.1) is 18.4 Å². The highest BCUT2D eigenvalue weighted by molar-refractivity contribution is 7.91. The van der Waals surface area contributed by atoms with Gasteiger partial charge < -0.3 is 30.0 Å². The van der Waals surface area contributed by atoms with E-state index in [2.05, 4.69) is 20.3 Å². The number of amides is 4. The van der Waals surface area contributed by atoms with Gasteiger partial charge in [-0.05, 0) is 73.0 Å². The Bertz CT molecular complexity index is 1900. The van der Waals surface area contributed by atoms with Crippen LogP contribution in [-0.2, 0) is 40.3 Å². The van der Waals surface area contributed by atoms with E-state index in [4.69, 9.17) is 9.47 Å². The van der Waals surface area contributed by atoms with E-state index in [1.807, 2.05) is 39.0 Å². The molecule has 0 radical (unpaired) electrons. The van der Waals surface area contributed by atoms with Gasteiger partial charge in [-0.1, -0.05) is 66.5 Å². The third-order valence-electron chi connectivity index (χ3n) is 11.2. The molecule has 3 heterocycles. The molecular formula is C38H53N5O9S. The predicted molar refractivity (Wildman–Crippen MR) is 196 cm³/mol. The highest BCUT2D eigenvalue weighted by Crippen LogP contribution is 2.47. The number of nitrogens with one attached hydrogen (secondary N) is 4. The molecule has 2 saturated carbocycles. The number of aromatic amines is 1. The van der Waals surface area contributed by atoms with Crippen LogP contribution in [0.4, 0.5) is 4.79 Å². The fourth-order valence-electron chi connectivity index (χ4n) is 7.66. The van der Waals surface area contributed by atoms with Gasteiger partial charge in [0, 0.05) is 17.3 Å². The molecule has 14 nitrogen and oxygen atoms in total. The molecule has 2 aliphatic heterocycles. The van der Waals surface area contributed by atoms with Crippen molar-refractivity contribution >= 4 is 50.7 Å².